The SMILES string of the molecule is CN(C(=N)N(COCC[Si](C)(C)C)C(=O)OC(C)(C)C)S(=O)[O-]. The van der Waals surface area contributed by atoms with Gasteiger partial charge in [-0.05, 0) is 26.8 Å². The van der Waals surface area contributed by atoms with Gasteiger partial charge in [-0.1, -0.05) is 19.6 Å². The van der Waals surface area contributed by atoms with Crippen LogP contribution in [0.2, 0.25) is 25.7 Å². The summed E-state index contributed by atoms with van der Waals surface area (Å²) in [4.78, 5) is 13.0. The summed E-state index contributed by atoms with van der Waals surface area (Å²) in [5, 5.41) is 7.87. The summed E-state index contributed by atoms with van der Waals surface area (Å²) in [6.45, 7) is 11.8. The van der Waals surface area contributed by atoms with Crippen LogP contribution in [0.5, 0.6) is 0 Å². The van der Waals surface area contributed by atoms with Gasteiger partial charge in [0.05, 0.1) is 0 Å². The summed E-state index contributed by atoms with van der Waals surface area (Å²) in [5.74, 6) is -0.527. The molecule has 1 N–H and O–H groups in total. The highest BCUT2D eigenvalue weighted by atomic mass is 32.2. The van der Waals surface area contributed by atoms with Crippen molar-refractivity contribution in [3.05, 3.63) is 0 Å². The largest absolute Gasteiger partial charge is 0.755 e. The van der Waals surface area contributed by atoms with E-state index < -0.39 is 37.0 Å². The molecule has 0 spiro atoms. The zero-order chi connectivity index (χ0) is 18.4. The van der Waals surface area contributed by atoms with Crippen molar-refractivity contribution in [3.8, 4) is 0 Å². The molecule has 0 radical (unpaired) electrons. The van der Waals surface area contributed by atoms with Crippen LogP contribution < -0.4 is 0 Å². The van der Waals surface area contributed by atoms with Crippen molar-refractivity contribution in [2.75, 3.05) is 20.4 Å². The standard InChI is InChI=1S/C13H29N3O5SSi/c1-13(2,3)21-12(17)16(11(14)15(4)22(18)19)10-20-8-9-23(5,6)7/h14H,8-10H2,1-7H3,(H,18,19)/p-1. The first-order chi connectivity index (χ1) is 10.2. The van der Waals surface area contributed by atoms with Crippen LogP contribution in [0.3, 0.4) is 0 Å². The molecule has 0 aliphatic heterocycles. The van der Waals surface area contributed by atoms with E-state index in [1.807, 2.05) is 0 Å². The van der Waals surface area contributed by atoms with Crippen LogP contribution in [-0.2, 0) is 20.7 Å². The lowest BCUT2D eigenvalue weighted by atomic mass is 10.2. The van der Waals surface area contributed by atoms with Crippen LogP contribution in [-0.4, -0.2) is 64.1 Å². The lowest BCUT2D eigenvalue weighted by Crippen LogP contribution is -2.48. The Morgan fingerprint density at radius 2 is 1.83 bits per heavy atom. The molecule has 0 heterocycles. The number of rotatable bonds is 6. The van der Waals surface area contributed by atoms with E-state index in [2.05, 4.69) is 19.6 Å². The molecule has 0 aromatic heterocycles. The second-order valence-electron chi connectivity index (χ2n) is 7.29. The van der Waals surface area contributed by atoms with Crippen LogP contribution in [0.15, 0.2) is 0 Å². The third-order valence-corrected chi connectivity index (χ3v) is 4.93. The minimum atomic E-state index is -2.66. The fourth-order valence-corrected chi connectivity index (χ4v) is 2.29. The quantitative estimate of drug-likeness (QED) is 0.194. The number of carbonyl (C=O) groups is 1. The molecule has 1 amide bonds. The fourth-order valence-electron chi connectivity index (χ4n) is 1.29. The van der Waals surface area contributed by atoms with Gasteiger partial charge in [0.15, 0.2) is 0 Å². The van der Waals surface area contributed by atoms with Crippen LogP contribution in [0.4, 0.5) is 4.79 Å². The van der Waals surface area contributed by atoms with E-state index in [9.17, 15) is 13.6 Å². The Morgan fingerprint density at radius 1 is 1.30 bits per heavy atom. The highest BCUT2D eigenvalue weighted by Crippen LogP contribution is 2.12. The number of amides is 1. The average Bonchev–Trinajstić information content (AvgIpc) is 2.33. The predicted octanol–water partition coefficient (Wildman–Crippen LogP) is 2.20. The van der Waals surface area contributed by atoms with E-state index in [4.69, 9.17) is 14.9 Å². The van der Waals surface area contributed by atoms with Crippen LogP contribution in [0.25, 0.3) is 0 Å². The van der Waals surface area contributed by atoms with Gasteiger partial charge in [0, 0.05) is 33.0 Å². The number of carbonyl (C=O) groups excluding carboxylic acids is 1. The van der Waals surface area contributed by atoms with Gasteiger partial charge in [0.25, 0.3) is 0 Å². The van der Waals surface area contributed by atoms with Crippen molar-refractivity contribution in [3.63, 3.8) is 0 Å². The molecular formula is C13H28N3O5SSi-. The van der Waals surface area contributed by atoms with E-state index in [-0.39, 0.29) is 6.73 Å². The van der Waals surface area contributed by atoms with E-state index in [0.29, 0.717) is 10.9 Å². The molecule has 0 aromatic carbocycles. The molecule has 1 unspecified atom stereocenters. The van der Waals surface area contributed by atoms with Gasteiger partial charge in [0.1, 0.15) is 12.3 Å². The number of hydrogen-bond donors (Lipinski definition) is 1. The molecule has 0 aliphatic carbocycles. The summed E-state index contributed by atoms with van der Waals surface area (Å²) in [7, 11) is -0.112. The molecule has 0 rings (SSSR count). The highest BCUT2D eigenvalue weighted by molar-refractivity contribution is 7.77. The zero-order valence-electron chi connectivity index (χ0n) is 15.0. The molecule has 0 bridgehead atoms. The number of ether oxygens (including phenoxy) is 2. The minimum absolute atomic E-state index is 0.236. The summed E-state index contributed by atoms with van der Waals surface area (Å²) in [5.41, 5.74) is -0.761. The number of hydrogen-bond acceptors (Lipinski definition) is 6. The molecular weight excluding hydrogens is 338 g/mol. The Bertz CT molecular complexity index is 448. The Balaban J connectivity index is 4.90. The molecule has 1 atom stereocenters. The molecule has 0 saturated carbocycles. The molecule has 0 aromatic rings. The van der Waals surface area contributed by atoms with Crippen molar-refractivity contribution < 1.29 is 23.0 Å². The van der Waals surface area contributed by atoms with Crippen LogP contribution in [0.1, 0.15) is 20.8 Å². The summed E-state index contributed by atoms with van der Waals surface area (Å²) < 4.78 is 33.2. The lowest BCUT2D eigenvalue weighted by molar-refractivity contribution is 0.00822. The van der Waals surface area contributed by atoms with Crippen molar-refractivity contribution in [1.82, 2.24) is 9.21 Å². The van der Waals surface area contributed by atoms with Crippen molar-refractivity contribution >= 4 is 31.4 Å². The smallest absolute Gasteiger partial charge is 0.419 e. The Morgan fingerprint density at radius 3 is 2.22 bits per heavy atom. The predicted molar refractivity (Wildman–Crippen MR) is 91.5 cm³/mol. The maximum atomic E-state index is 12.2. The maximum absolute atomic E-state index is 12.2. The third-order valence-electron chi connectivity index (χ3n) is 2.61. The molecule has 23 heavy (non-hydrogen) atoms. The fraction of sp³-hybridized carbons (Fsp3) is 0.846. The zero-order valence-corrected chi connectivity index (χ0v) is 16.8. The average molecular weight is 367 g/mol. The second kappa shape index (κ2) is 8.76. The van der Waals surface area contributed by atoms with Crippen molar-refractivity contribution in [1.29, 1.82) is 5.41 Å². The van der Waals surface area contributed by atoms with E-state index >= 15 is 0 Å². The first kappa shape index (κ1) is 22.0. The molecule has 0 aliphatic rings. The van der Waals surface area contributed by atoms with E-state index in [0.717, 1.165) is 10.9 Å². The van der Waals surface area contributed by atoms with Crippen molar-refractivity contribution in [2.24, 2.45) is 0 Å². The van der Waals surface area contributed by atoms with Gasteiger partial charge in [-0.3, -0.25) is 13.9 Å². The van der Waals surface area contributed by atoms with Crippen LogP contribution in [0, 0.1) is 5.41 Å². The summed E-state index contributed by atoms with van der Waals surface area (Å²) in [6.07, 6.45) is -0.826. The monoisotopic (exact) mass is 366 g/mol. The topological polar surface area (TPSA) is 106 Å². The highest BCUT2D eigenvalue weighted by Gasteiger charge is 2.27. The number of nitrogens with one attached hydrogen (secondary N) is 1. The van der Waals surface area contributed by atoms with Gasteiger partial charge < -0.3 is 14.0 Å². The molecule has 0 saturated heterocycles. The Hall–Kier alpha value is -0.973. The van der Waals surface area contributed by atoms with Gasteiger partial charge in [0.2, 0.25) is 5.96 Å². The first-order valence-electron chi connectivity index (χ1n) is 7.24. The lowest BCUT2D eigenvalue weighted by Gasteiger charge is -2.31. The first-order valence-corrected chi connectivity index (χ1v) is 12.0. The van der Waals surface area contributed by atoms with Crippen molar-refractivity contribution in [2.45, 2.75) is 52.1 Å². The van der Waals surface area contributed by atoms with Gasteiger partial charge in [-0.25, -0.2) is 9.69 Å². The van der Waals surface area contributed by atoms with E-state index in [1.165, 1.54) is 7.05 Å². The van der Waals surface area contributed by atoms with E-state index in [1.54, 1.807) is 20.8 Å². The minimum Gasteiger partial charge on any atom is -0.755 e. The van der Waals surface area contributed by atoms with Gasteiger partial charge in [-0.15, -0.1) is 0 Å². The molecule has 136 valence electrons. The van der Waals surface area contributed by atoms with Gasteiger partial charge >= 0.3 is 6.09 Å². The molecule has 10 heteroatoms. The second-order valence-corrected chi connectivity index (χ2v) is 13.9. The van der Waals surface area contributed by atoms with Gasteiger partial charge in [-0.2, -0.15) is 0 Å². The summed E-state index contributed by atoms with van der Waals surface area (Å²) in [6, 6.07) is 0.895. The van der Waals surface area contributed by atoms with Crippen LogP contribution >= 0.6 is 0 Å². The Kier molecular flexibility index (Phi) is 8.39. The molecule has 8 nitrogen and oxygen atoms in total. The number of nitrogens with zero attached hydrogens (tertiary/aromatic N) is 2. The number of guanidine groups is 1. The molecule has 0 fully saturated rings. The summed E-state index contributed by atoms with van der Waals surface area (Å²) >= 11 is -2.66. The maximum Gasteiger partial charge on any atom is 0.419 e. The Labute approximate surface area is 142 Å². The third kappa shape index (κ3) is 9.69. The normalized spacial score (nSPS) is 13.4.